The maximum Gasteiger partial charge on any atom is 0.123 e. The van der Waals surface area contributed by atoms with E-state index in [2.05, 4.69) is 44.3 Å². The fourth-order valence-electron chi connectivity index (χ4n) is 3.22. The maximum atomic E-state index is 5.91. The van der Waals surface area contributed by atoms with Gasteiger partial charge in [-0.2, -0.15) is 0 Å². The van der Waals surface area contributed by atoms with Crippen LogP contribution in [0.2, 0.25) is 0 Å². The van der Waals surface area contributed by atoms with Crippen molar-refractivity contribution < 1.29 is 9.47 Å². The zero-order valence-corrected chi connectivity index (χ0v) is 12.7. The van der Waals surface area contributed by atoms with Crippen LogP contribution in [0.15, 0.2) is 18.2 Å². The van der Waals surface area contributed by atoms with Crippen molar-refractivity contribution >= 4 is 0 Å². The largest absolute Gasteiger partial charge is 0.487 e. The smallest absolute Gasteiger partial charge is 0.123 e. The number of benzene rings is 1. The zero-order valence-electron chi connectivity index (χ0n) is 12.7. The van der Waals surface area contributed by atoms with Gasteiger partial charge in [-0.15, -0.1) is 0 Å². The van der Waals surface area contributed by atoms with Crippen molar-refractivity contribution in [2.75, 3.05) is 13.2 Å². The van der Waals surface area contributed by atoms with Gasteiger partial charge in [-0.05, 0) is 50.3 Å². The minimum Gasteiger partial charge on any atom is -0.487 e. The molecule has 0 bridgehead atoms. The number of rotatable bonds is 4. The Bertz CT molecular complexity index is 484. The van der Waals surface area contributed by atoms with Crippen molar-refractivity contribution in [1.82, 2.24) is 5.32 Å². The van der Waals surface area contributed by atoms with Crippen LogP contribution in [-0.2, 0) is 17.7 Å². The van der Waals surface area contributed by atoms with Crippen LogP contribution in [0.4, 0.5) is 0 Å². The molecule has 0 aliphatic carbocycles. The van der Waals surface area contributed by atoms with Crippen molar-refractivity contribution in [3.8, 4) is 5.75 Å². The predicted molar refractivity (Wildman–Crippen MR) is 80.1 cm³/mol. The Morgan fingerprint density at radius 1 is 1.35 bits per heavy atom. The van der Waals surface area contributed by atoms with Crippen molar-refractivity contribution in [3.05, 3.63) is 29.3 Å². The summed E-state index contributed by atoms with van der Waals surface area (Å²) in [4.78, 5) is 0. The lowest BCUT2D eigenvalue weighted by molar-refractivity contribution is 0.105. The summed E-state index contributed by atoms with van der Waals surface area (Å²) in [6, 6.07) is 6.57. The van der Waals surface area contributed by atoms with E-state index in [1.54, 1.807) is 0 Å². The Hall–Kier alpha value is -1.06. The third-order valence-electron chi connectivity index (χ3n) is 4.40. The first-order valence-corrected chi connectivity index (χ1v) is 7.67. The van der Waals surface area contributed by atoms with Gasteiger partial charge in [0, 0.05) is 26.1 Å². The number of fused-ring (bicyclic) bond motifs is 1. The molecule has 2 unspecified atom stereocenters. The van der Waals surface area contributed by atoms with Gasteiger partial charge in [0.15, 0.2) is 0 Å². The molecule has 1 aromatic carbocycles. The van der Waals surface area contributed by atoms with Gasteiger partial charge in [0.05, 0.1) is 6.10 Å². The molecule has 3 heteroatoms. The van der Waals surface area contributed by atoms with Crippen LogP contribution in [0.1, 0.15) is 38.3 Å². The average Bonchev–Trinajstić information content (AvgIpc) is 2.91. The van der Waals surface area contributed by atoms with E-state index in [-0.39, 0.29) is 5.60 Å². The fourth-order valence-corrected chi connectivity index (χ4v) is 3.22. The van der Waals surface area contributed by atoms with Crippen LogP contribution in [0, 0.1) is 5.92 Å². The van der Waals surface area contributed by atoms with Crippen molar-refractivity contribution in [2.24, 2.45) is 5.92 Å². The molecule has 2 aliphatic heterocycles. The highest BCUT2D eigenvalue weighted by Gasteiger charge is 2.29. The highest BCUT2D eigenvalue weighted by Crippen LogP contribution is 2.35. The normalized spacial score (nSPS) is 27.4. The molecule has 3 rings (SSSR count). The van der Waals surface area contributed by atoms with Gasteiger partial charge in [0.2, 0.25) is 0 Å². The van der Waals surface area contributed by atoms with Gasteiger partial charge in [-0.1, -0.05) is 12.1 Å². The Labute approximate surface area is 121 Å². The summed E-state index contributed by atoms with van der Waals surface area (Å²) in [6.07, 6.45) is 2.58. The molecule has 2 atom stereocenters. The molecule has 0 amide bonds. The molecule has 0 radical (unpaired) electrons. The molecule has 2 heterocycles. The van der Waals surface area contributed by atoms with Crippen molar-refractivity contribution in [3.63, 3.8) is 0 Å². The first-order valence-electron chi connectivity index (χ1n) is 7.67. The van der Waals surface area contributed by atoms with Crippen molar-refractivity contribution in [1.29, 1.82) is 0 Å². The summed E-state index contributed by atoms with van der Waals surface area (Å²) >= 11 is 0. The topological polar surface area (TPSA) is 30.5 Å². The predicted octanol–water partition coefficient (Wildman–Crippen LogP) is 2.91. The van der Waals surface area contributed by atoms with E-state index < -0.39 is 0 Å². The summed E-state index contributed by atoms with van der Waals surface area (Å²) in [5.74, 6) is 1.71. The van der Waals surface area contributed by atoms with Crippen LogP contribution < -0.4 is 10.1 Å². The molecule has 1 saturated heterocycles. The number of ether oxygens (including phenoxy) is 2. The van der Waals surface area contributed by atoms with Gasteiger partial charge >= 0.3 is 0 Å². The van der Waals surface area contributed by atoms with Crippen LogP contribution in [0.25, 0.3) is 0 Å². The molecule has 0 aromatic heterocycles. The van der Waals surface area contributed by atoms with E-state index in [1.165, 1.54) is 17.5 Å². The minimum absolute atomic E-state index is 0.0506. The molecule has 0 saturated carbocycles. The van der Waals surface area contributed by atoms with Gasteiger partial charge in [-0.3, -0.25) is 0 Å². The van der Waals surface area contributed by atoms with Crippen LogP contribution >= 0.6 is 0 Å². The SMILES string of the molecule is CC1OCCC1CNCc1ccc2c(c1)CC(C)(C)O2. The first-order chi connectivity index (χ1) is 9.53. The lowest BCUT2D eigenvalue weighted by Crippen LogP contribution is -2.26. The Morgan fingerprint density at radius 2 is 2.20 bits per heavy atom. The molecule has 0 spiro atoms. The summed E-state index contributed by atoms with van der Waals surface area (Å²) < 4.78 is 11.5. The quantitative estimate of drug-likeness (QED) is 0.916. The monoisotopic (exact) mass is 275 g/mol. The van der Waals surface area contributed by atoms with Gasteiger partial charge in [0.25, 0.3) is 0 Å². The lowest BCUT2D eigenvalue weighted by atomic mass is 10.00. The van der Waals surface area contributed by atoms with Gasteiger partial charge < -0.3 is 14.8 Å². The van der Waals surface area contributed by atoms with E-state index in [0.717, 1.165) is 31.9 Å². The lowest BCUT2D eigenvalue weighted by Gasteiger charge is -2.16. The summed E-state index contributed by atoms with van der Waals surface area (Å²) in [5, 5.41) is 3.57. The maximum absolute atomic E-state index is 5.91. The van der Waals surface area contributed by atoms with Crippen LogP contribution in [0.5, 0.6) is 5.75 Å². The summed E-state index contributed by atoms with van der Waals surface area (Å²) in [7, 11) is 0. The van der Waals surface area contributed by atoms with Crippen molar-refractivity contribution in [2.45, 2.75) is 51.9 Å². The fraction of sp³-hybridized carbons (Fsp3) is 0.647. The molecule has 110 valence electrons. The molecular weight excluding hydrogens is 250 g/mol. The minimum atomic E-state index is -0.0506. The summed E-state index contributed by atoms with van der Waals surface area (Å²) in [5.41, 5.74) is 2.63. The zero-order chi connectivity index (χ0) is 14.2. The number of nitrogens with one attached hydrogen (secondary N) is 1. The van der Waals surface area contributed by atoms with Crippen LogP contribution in [-0.4, -0.2) is 24.9 Å². The van der Waals surface area contributed by atoms with Crippen LogP contribution in [0.3, 0.4) is 0 Å². The highest BCUT2D eigenvalue weighted by atomic mass is 16.5. The van der Waals surface area contributed by atoms with Gasteiger partial charge in [0.1, 0.15) is 11.4 Å². The molecule has 2 aliphatic rings. The van der Waals surface area contributed by atoms with E-state index in [1.807, 2.05) is 0 Å². The first kappa shape index (κ1) is 13.9. The Kier molecular flexibility index (Phi) is 3.74. The summed E-state index contributed by atoms with van der Waals surface area (Å²) in [6.45, 7) is 9.35. The Balaban J connectivity index is 1.54. The average molecular weight is 275 g/mol. The second kappa shape index (κ2) is 5.38. The molecule has 1 N–H and O–H groups in total. The van der Waals surface area contributed by atoms with E-state index in [0.29, 0.717) is 12.0 Å². The second-order valence-corrected chi connectivity index (χ2v) is 6.74. The standard InChI is InChI=1S/C17H25NO2/c1-12-14(6-7-19-12)11-18-10-13-4-5-16-15(8-13)9-17(2,3)20-16/h4-5,8,12,14,18H,6-7,9-11H2,1-3H3. The molecule has 3 nitrogen and oxygen atoms in total. The molecule has 1 aromatic rings. The molecule has 20 heavy (non-hydrogen) atoms. The molecule has 1 fully saturated rings. The third kappa shape index (κ3) is 2.99. The van der Waals surface area contributed by atoms with E-state index >= 15 is 0 Å². The molecular formula is C17H25NO2. The highest BCUT2D eigenvalue weighted by molar-refractivity contribution is 5.41. The number of hydrogen-bond donors (Lipinski definition) is 1. The third-order valence-corrected chi connectivity index (χ3v) is 4.40. The van der Waals surface area contributed by atoms with E-state index in [9.17, 15) is 0 Å². The van der Waals surface area contributed by atoms with Gasteiger partial charge in [-0.25, -0.2) is 0 Å². The number of hydrogen-bond acceptors (Lipinski definition) is 3. The Morgan fingerprint density at radius 3 is 2.95 bits per heavy atom. The van der Waals surface area contributed by atoms with E-state index in [4.69, 9.17) is 9.47 Å². The second-order valence-electron chi connectivity index (χ2n) is 6.74.